The van der Waals surface area contributed by atoms with Gasteiger partial charge in [0.25, 0.3) is 0 Å². The van der Waals surface area contributed by atoms with Crippen molar-refractivity contribution in [3.8, 4) is 0 Å². The van der Waals surface area contributed by atoms with E-state index >= 15 is 0 Å². The third-order valence-corrected chi connectivity index (χ3v) is 6.05. The molecule has 3 saturated carbocycles. The molecule has 3 rings (SSSR count). The smallest absolute Gasteiger partial charge is 0.191 e. The maximum atomic E-state index is 5.27. The van der Waals surface area contributed by atoms with E-state index in [0.29, 0.717) is 10.8 Å². The van der Waals surface area contributed by atoms with Crippen molar-refractivity contribution in [1.82, 2.24) is 10.6 Å². The van der Waals surface area contributed by atoms with Gasteiger partial charge in [0, 0.05) is 33.9 Å². The lowest BCUT2D eigenvalue weighted by Crippen LogP contribution is -2.48. The molecule has 0 aromatic carbocycles. The molecule has 3 aliphatic rings. The Kier molecular flexibility index (Phi) is 6.39. The summed E-state index contributed by atoms with van der Waals surface area (Å²) in [5, 5.41) is 7.14. The summed E-state index contributed by atoms with van der Waals surface area (Å²) in [6.07, 6.45) is 10.9. The number of hydrogen-bond donors (Lipinski definition) is 2. The summed E-state index contributed by atoms with van der Waals surface area (Å²) in [6, 6.07) is 0. The molecule has 5 heteroatoms. The van der Waals surface area contributed by atoms with Crippen LogP contribution in [0.5, 0.6) is 0 Å². The monoisotopic (exact) mass is 421 g/mol. The van der Waals surface area contributed by atoms with Crippen molar-refractivity contribution in [2.45, 2.75) is 51.4 Å². The summed E-state index contributed by atoms with van der Waals surface area (Å²) in [6.45, 7) is 3.02. The second-order valence-electron chi connectivity index (χ2n) is 7.51. The fourth-order valence-corrected chi connectivity index (χ4v) is 3.85. The average Bonchev–Trinajstić information content (AvgIpc) is 3.33. The number of guanidine groups is 1. The van der Waals surface area contributed by atoms with Crippen molar-refractivity contribution in [2.75, 3.05) is 33.9 Å². The van der Waals surface area contributed by atoms with Crippen molar-refractivity contribution in [1.29, 1.82) is 0 Å². The fourth-order valence-electron chi connectivity index (χ4n) is 3.85. The first kappa shape index (κ1) is 18.3. The zero-order valence-electron chi connectivity index (χ0n) is 14.1. The molecule has 3 aliphatic carbocycles. The molecule has 2 N–H and O–H groups in total. The van der Waals surface area contributed by atoms with Gasteiger partial charge < -0.3 is 15.4 Å². The van der Waals surface area contributed by atoms with E-state index in [9.17, 15) is 0 Å². The van der Waals surface area contributed by atoms with Crippen LogP contribution in [0.2, 0.25) is 0 Å². The summed E-state index contributed by atoms with van der Waals surface area (Å²) in [4.78, 5) is 4.40. The lowest BCUT2D eigenvalue weighted by molar-refractivity contribution is 0.0732. The minimum absolute atomic E-state index is 0. The summed E-state index contributed by atoms with van der Waals surface area (Å²) in [5.74, 6) is 1.99. The van der Waals surface area contributed by atoms with Gasteiger partial charge >= 0.3 is 0 Å². The van der Waals surface area contributed by atoms with E-state index in [1.54, 1.807) is 7.11 Å². The van der Waals surface area contributed by atoms with E-state index < -0.39 is 0 Å². The Hall–Kier alpha value is -0.0400. The number of nitrogens with one attached hydrogen (secondary N) is 2. The van der Waals surface area contributed by atoms with Gasteiger partial charge in [0.1, 0.15) is 0 Å². The molecule has 0 amide bonds. The Balaban J connectivity index is 0.00000176. The van der Waals surface area contributed by atoms with E-state index in [2.05, 4.69) is 15.6 Å². The first-order valence-electron chi connectivity index (χ1n) is 8.65. The van der Waals surface area contributed by atoms with E-state index in [0.717, 1.165) is 31.6 Å². The predicted octanol–water partition coefficient (Wildman–Crippen LogP) is 3.17. The Bertz CT molecular complexity index is 387. The Labute approximate surface area is 152 Å². The number of halogens is 1. The van der Waals surface area contributed by atoms with Gasteiger partial charge in [0.15, 0.2) is 5.96 Å². The van der Waals surface area contributed by atoms with Gasteiger partial charge in [-0.25, -0.2) is 0 Å². The second kappa shape index (κ2) is 7.69. The zero-order chi connectivity index (χ0) is 14.8. The second-order valence-corrected chi connectivity index (χ2v) is 7.51. The third-order valence-electron chi connectivity index (χ3n) is 6.05. The molecule has 0 atom stereocenters. The van der Waals surface area contributed by atoms with Gasteiger partial charge in [0.2, 0.25) is 0 Å². The molecule has 4 nitrogen and oxygen atoms in total. The highest BCUT2D eigenvalue weighted by Gasteiger charge is 2.53. The summed E-state index contributed by atoms with van der Waals surface area (Å²) in [7, 11) is 3.68. The lowest BCUT2D eigenvalue weighted by Gasteiger charge is -2.42. The minimum atomic E-state index is 0. The molecular formula is C17H32IN3O. The summed E-state index contributed by atoms with van der Waals surface area (Å²) >= 11 is 0. The van der Waals surface area contributed by atoms with Crippen molar-refractivity contribution in [3.05, 3.63) is 0 Å². The van der Waals surface area contributed by atoms with Gasteiger partial charge in [-0.1, -0.05) is 6.42 Å². The van der Waals surface area contributed by atoms with Gasteiger partial charge in [0.05, 0.1) is 0 Å². The van der Waals surface area contributed by atoms with Crippen molar-refractivity contribution in [2.24, 2.45) is 21.7 Å². The van der Waals surface area contributed by atoms with E-state index in [1.165, 1.54) is 51.4 Å². The molecule has 128 valence electrons. The first-order chi connectivity index (χ1) is 10.2. The van der Waals surface area contributed by atoms with Gasteiger partial charge in [-0.2, -0.15) is 0 Å². The van der Waals surface area contributed by atoms with Crippen molar-refractivity contribution in [3.63, 3.8) is 0 Å². The largest absolute Gasteiger partial charge is 0.385 e. The fraction of sp³-hybridized carbons (Fsp3) is 0.941. The number of hydrogen-bond acceptors (Lipinski definition) is 2. The Morgan fingerprint density at radius 3 is 2.27 bits per heavy atom. The maximum absolute atomic E-state index is 5.27. The van der Waals surface area contributed by atoms with Crippen LogP contribution in [0.1, 0.15) is 51.4 Å². The molecule has 0 saturated heterocycles. The van der Waals surface area contributed by atoms with Gasteiger partial charge in [-0.3, -0.25) is 4.99 Å². The van der Waals surface area contributed by atoms with Crippen LogP contribution in [-0.4, -0.2) is 39.8 Å². The van der Waals surface area contributed by atoms with Crippen LogP contribution in [0.25, 0.3) is 0 Å². The van der Waals surface area contributed by atoms with E-state index in [4.69, 9.17) is 4.74 Å². The van der Waals surface area contributed by atoms with Crippen LogP contribution in [0, 0.1) is 16.7 Å². The molecule has 0 heterocycles. The number of methoxy groups -OCH3 is 1. The molecule has 0 radical (unpaired) electrons. The standard InChI is InChI=1S/C17H31N3O.HI/c1-18-15(20-13-17(8-9-17)14-4-5-14)19-12-16(6-3-7-16)10-11-21-2;/h14H,3-13H2,1-2H3,(H2,18,19,20);1H. The zero-order valence-corrected chi connectivity index (χ0v) is 16.4. The summed E-state index contributed by atoms with van der Waals surface area (Å²) in [5.41, 5.74) is 1.07. The van der Waals surface area contributed by atoms with Crippen LogP contribution in [-0.2, 0) is 4.74 Å². The van der Waals surface area contributed by atoms with Crippen molar-refractivity contribution < 1.29 is 4.74 Å². The molecule has 0 aromatic rings. The van der Waals surface area contributed by atoms with Crippen LogP contribution in [0.3, 0.4) is 0 Å². The van der Waals surface area contributed by atoms with Crippen molar-refractivity contribution >= 4 is 29.9 Å². The Morgan fingerprint density at radius 2 is 1.82 bits per heavy atom. The SMILES string of the molecule is CN=C(NCC1(CCOC)CCC1)NCC1(C2CC2)CC1.I. The molecular weight excluding hydrogens is 389 g/mol. The van der Waals surface area contributed by atoms with Crippen LogP contribution in [0.4, 0.5) is 0 Å². The number of ether oxygens (including phenoxy) is 1. The third kappa shape index (κ3) is 4.28. The Morgan fingerprint density at radius 1 is 1.14 bits per heavy atom. The first-order valence-corrected chi connectivity index (χ1v) is 8.65. The van der Waals surface area contributed by atoms with Crippen LogP contribution in [0.15, 0.2) is 4.99 Å². The average molecular weight is 421 g/mol. The predicted molar refractivity (Wildman–Crippen MR) is 102 cm³/mol. The highest BCUT2D eigenvalue weighted by Crippen LogP contribution is 2.60. The minimum Gasteiger partial charge on any atom is -0.385 e. The topological polar surface area (TPSA) is 45.7 Å². The highest BCUT2D eigenvalue weighted by molar-refractivity contribution is 14.0. The number of rotatable bonds is 8. The molecule has 3 fully saturated rings. The van der Waals surface area contributed by atoms with Crippen LogP contribution < -0.4 is 10.6 Å². The number of nitrogens with zero attached hydrogens (tertiary/aromatic N) is 1. The highest BCUT2D eigenvalue weighted by atomic mass is 127. The van der Waals surface area contributed by atoms with Gasteiger partial charge in [-0.05, 0) is 61.7 Å². The maximum Gasteiger partial charge on any atom is 0.191 e. The van der Waals surface area contributed by atoms with Gasteiger partial charge in [-0.15, -0.1) is 24.0 Å². The van der Waals surface area contributed by atoms with Crippen LogP contribution >= 0.6 is 24.0 Å². The molecule has 0 unspecified atom stereocenters. The summed E-state index contributed by atoms with van der Waals surface area (Å²) < 4.78 is 5.27. The van der Waals surface area contributed by atoms with E-state index in [-0.39, 0.29) is 24.0 Å². The number of aliphatic imine (C=N–C) groups is 1. The molecule has 0 bridgehead atoms. The normalized spacial score (nSPS) is 24.9. The molecule has 0 spiro atoms. The molecule has 0 aromatic heterocycles. The lowest BCUT2D eigenvalue weighted by atomic mass is 9.67. The molecule has 0 aliphatic heterocycles. The van der Waals surface area contributed by atoms with E-state index in [1.807, 2.05) is 7.05 Å². The quantitative estimate of drug-likeness (QED) is 0.360. The molecule has 22 heavy (non-hydrogen) atoms.